The number of aromatic nitrogens is 3. The zero-order valence-corrected chi connectivity index (χ0v) is 27.0. The largest absolute Gasteiger partial charge is 0.445 e. The standard InChI is InChI=1S/C34H31F3N6O5S/c1-42-31-23(16-38-33(40-31)39-25-15-24(35)17-43(18-25)34(45)48-19-21-8-4-2-5-9-21)14-27(32(42)44)26-12-13-28(30(37)29(26)36)41-49(46,47)20-22-10-6-3-7-11-22/h2-14,16,24-25,41H,15,17-20H2,1H3,(H,38,39,40)/t24-,25-/m0/s1. The highest BCUT2D eigenvalue weighted by Crippen LogP contribution is 2.29. The number of nitrogens with one attached hydrogen (secondary N) is 2. The summed E-state index contributed by atoms with van der Waals surface area (Å²) in [6, 6.07) is 20.2. The Bertz CT molecular complexity index is 2170. The number of ether oxygens (including phenoxy) is 1. The Balaban J connectivity index is 1.18. The van der Waals surface area contributed by atoms with Gasteiger partial charge in [-0.2, -0.15) is 4.98 Å². The van der Waals surface area contributed by atoms with Gasteiger partial charge in [0.15, 0.2) is 11.6 Å². The Morgan fingerprint density at radius 3 is 2.37 bits per heavy atom. The number of benzene rings is 3. The number of halogens is 3. The molecule has 15 heteroatoms. The third kappa shape index (κ3) is 7.67. The molecular formula is C34H31F3N6O5S. The van der Waals surface area contributed by atoms with Gasteiger partial charge < -0.3 is 15.0 Å². The van der Waals surface area contributed by atoms with Gasteiger partial charge in [-0.05, 0) is 29.3 Å². The summed E-state index contributed by atoms with van der Waals surface area (Å²) in [5, 5.41) is 3.33. The number of nitrogens with zero attached hydrogens (tertiary/aromatic N) is 4. The van der Waals surface area contributed by atoms with E-state index < -0.39 is 57.0 Å². The molecule has 1 aliphatic heterocycles. The minimum absolute atomic E-state index is 0.0449. The van der Waals surface area contributed by atoms with E-state index in [-0.39, 0.29) is 48.8 Å². The lowest BCUT2D eigenvalue weighted by atomic mass is 10.0. The average molecular weight is 693 g/mol. The number of piperidine rings is 1. The summed E-state index contributed by atoms with van der Waals surface area (Å²) < 4.78 is 79.0. The van der Waals surface area contributed by atoms with Crippen LogP contribution in [0, 0.1) is 11.6 Å². The summed E-state index contributed by atoms with van der Waals surface area (Å²) in [6.45, 7) is 0.0408. The van der Waals surface area contributed by atoms with Gasteiger partial charge >= 0.3 is 6.09 Å². The number of carbonyl (C=O) groups is 1. The quantitative estimate of drug-likeness (QED) is 0.210. The van der Waals surface area contributed by atoms with E-state index in [0.717, 1.165) is 22.3 Å². The molecule has 1 amide bonds. The number of carbonyl (C=O) groups excluding carboxylic acids is 1. The Morgan fingerprint density at radius 1 is 0.959 bits per heavy atom. The van der Waals surface area contributed by atoms with E-state index in [1.165, 1.54) is 24.2 Å². The van der Waals surface area contributed by atoms with Crippen molar-refractivity contribution in [1.82, 2.24) is 19.4 Å². The van der Waals surface area contributed by atoms with Gasteiger partial charge in [-0.3, -0.25) is 14.1 Å². The second-order valence-electron chi connectivity index (χ2n) is 11.6. The minimum Gasteiger partial charge on any atom is -0.445 e. The van der Waals surface area contributed by atoms with Crippen LogP contribution in [-0.2, 0) is 34.2 Å². The number of likely N-dealkylation sites (tertiary alicyclic amines) is 1. The number of alkyl halides is 1. The van der Waals surface area contributed by atoms with Crippen LogP contribution in [0.15, 0.2) is 89.9 Å². The van der Waals surface area contributed by atoms with E-state index in [1.807, 2.05) is 30.3 Å². The van der Waals surface area contributed by atoms with Crippen LogP contribution in [0.4, 0.5) is 29.6 Å². The zero-order chi connectivity index (χ0) is 34.7. The predicted octanol–water partition coefficient (Wildman–Crippen LogP) is 5.38. The first-order chi connectivity index (χ1) is 23.5. The third-order valence-corrected chi connectivity index (χ3v) is 9.23. The summed E-state index contributed by atoms with van der Waals surface area (Å²) in [7, 11) is -2.68. The third-order valence-electron chi connectivity index (χ3n) is 7.98. The van der Waals surface area contributed by atoms with Crippen molar-refractivity contribution in [3.8, 4) is 11.1 Å². The van der Waals surface area contributed by atoms with Crippen LogP contribution in [-0.4, -0.2) is 59.2 Å². The minimum atomic E-state index is -4.08. The van der Waals surface area contributed by atoms with Crippen molar-refractivity contribution in [1.29, 1.82) is 0 Å². The SMILES string of the molecule is Cn1c(=O)c(-c2ccc(NS(=O)(=O)Cc3ccccc3)c(F)c2F)cc2cnc(N[C@H]3C[C@H](F)CN(C(=O)OCc4ccccc4)C3)nc21. The lowest BCUT2D eigenvalue weighted by Gasteiger charge is -2.34. The number of rotatable bonds is 9. The number of hydrogen-bond donors (Lipinski definition) is 2. The first-order valence-corrected chi connectivity index (χ1v) is 16.9. The van der Waals surface area contributed by atoms with Crippen LogP contribution in [0.25, 0.3) is 22.2 Å². The van der Waals surface area contributed by atoms with Gasteiger partial charge in [-0.1, -0.05) is 60.7 Å². The molecule has 1 fully saturated rings. The topological polar surface area (TPSA) is 136 Å². The van der Waals surface area contributed by atoms with E-state index in [2.05, 4.69) is 20.0 Å². The molecule has 0 unspecified atom stereocenters. The maximum absolute atomic E-state index is 15.4. The van der Waals surface area contributed by atoms with E-state index in [9.17, 15) is 22.4 Å². The van der Waals surface area contributed by atoms with Crippen molar-refractivity contribution in [3.05, 3.63) is 118 Å². The monoisotopic (exact) mass is 692 g/mol. The van der Waals surface area contributed by atoms with Crippen LogP contribution in [0.5, 0.6) is 0 Å². The molecule has 2 aromatic heterocycles. The molecule has 0 spiro atoms. The van der Waals surface area contributed by atoms with Crippen molar-refractivity contribution in [2.24, 2.45) is 7.05 Å². The van der Waals surface area contributed by atoms with Gasteiger partial charge in [-0.15, -0.1) is 0 Å². The van der Waals surface area contributed by atoms with Gasteiger partial charge in [0.25, 0.3) is 5.56 Å². The van der Waals surface area contributed by atoms with E-state index >= 15 is 8.78 Å². The van der Waals surface area contributed by atoms with Crippen LogP contribution < -0.4 is 15.6 Å². The summed E-state index contributed by atoms with van der Waals surface area (Å²) in [5.41, 5.74) is -0.486. The number of aryl methyl sites for hydroxylation is 1. The molecule has 2 atom stereocenters. The Kier molecular flexibility index (Phi) is 9.53. The molecule has 254 valence electrons. The molecule has 3 aromatic carbocycles. The Morgan fingerprint density at radius 2 is 1.65 bits per heavy atom. The van der Waals surface area contributed by atoms with Crippen LogP contribution in [0.2, 0.25) is 0 Å². The van der Waals surface area contributed by atoms with Crippen molar-refractivity contribution in [3.63, 3.8) is 0 Å². The molecule has 0 aliphatic carbocycles. The molecule has 11 nitrogen and oxygen atoms in total. The van der Waals surface area contributed by atoms with Crippen molar-refractivity contribution in [2.45, 2.75) is 31.0 Å². The summed E-state index contributed by atoms with van der Waals surface area (Å²) in [4.78, 5) is 36.0. The predicted molar refractivity (Wildman–Crippen MR) is 178 cm³/mol. The second kappa shape index (κ2) is 14.0. The highest BCUT2D eigenvalue weighted by molar-refractivity contribution is 7.91. The number of amides is 1. The highest BCUT2D eigenvalue weighted by atomic mass is 32.2. The first kappa shape index (κ1) is 33.5. The Hall–Kier alpha value is -5.44. The smallest absolute Gasteiger partial charge is 0.410 e. The van der Waals surface area contributed by atoms with Crippen LogP contribution >= 0.6 is 0 Å². The van der Waals surface area contributed by atoms with Gasteiger partial charge in [0.1, 0.15) is 18.4 Å². The molecule has 1 aliphatic rings. The fourth-order valence-electron chi connectivity index (χ4n) is 5.63. The molecule has 2 N–H and O–H groups in total. The summed E-state index contributed by atoms with van der Waals surface area (Å²) in [6.07, 6.45) is -0.544. The van der Waals surface area contributed by atoms with E-state index in [0.29, 0.717) is 10.9 Å². The van der Waals surface area contributed by atoms with Crippen molar-refractivity contribution < 1.29 is 31.1 Å². The molecule has 6 rings (SSSR count). The van der Waals surface area contributed by atoms with E-state index in [4.69, 9.17) is 4.74 Å². The maximum atomic E-state index is 15.4. The van der Waals surface area contributed by atoms with Crippen molar-refractivity contribution in [2.75, 3.05) is 23.1 Å². The number of pyridine rings is 1. The van der Waals surface area contributed by atoms with Crippen LogP contribution in [0.1, 0.15) is 17.5 Å². The molecule has 3 heterocycles. The normalized spacial score (nSPS) is 16.4. The van der Waals surface area contributed by atoms with Crippen molar-refractivity contribution >= 4 is 38.8 Å². The van der Waals surface area contributed by atoms with Gasteiger partial charge in [-0.25, -0.2) is 31.4 Å². The van der Waals surface area contributed by atoms with Gasteiger partial charge in [0, 0.05) is 43.2 Å². The molecular weight excluding hydrogens is 661 g/mol. The zero-order valence-electron chi connectivity index (χ0n) is 26.1. The van der Waals surface area contributed by atoms with Gasteiger partial charge in [0.2, 0.25) is 16.0 Å². The molecule has 0 radical (unpaired) electrons. The molecule has 49 heavy (non-hydrogen) atoms. The molecule has 1 saturated heterocycles. The lowest BCUT2D eigenvalue weighted by molar-refractivity contribution is 0.0685. The Labute approximate surface area is 279 Å². The number of fused-ring (bicyclic) bond motifs is 1. The lowest BCUT2D eigenvalue weighted by Crippen LogP contribution is -2.50. The number of hydrogen-bond acceptors (Lipinski definition) is 8. The average Bonchev–Trinajstić information content (AvgIpc) is 3.08. The second-order valence-corrected chi connectivity index (χ2v) is 13.4. The number of anilines is 2. The maximum Gasteiger partial charge on any atom is 0.410 e. The fraction of sp³-hybridized carbons (Fsp3) is 0.235. The fourth-order valence-corrected chi connectivity index (χ4v) is 6.82. The summed E-state index contributed by atoms with van der Waals surface area (Å²) >= 11 is 0. The van der Waals surface area contributed by atoms with Crippen LogP contribution in [0.3, 0.4) is 0 Å². The molecule has 0 saturated carbocycles. The highest BCUT2D eigenvalue weighted by Gasteiger charge is 2.31. The van der Waals surface area contributed by atoms with E-state index in [1.54, 1.807) is 30.3 Å². The van der Waals surface area contributed by atoms with Gasteiger partial charge in [0.05, 0.1) is 23.5 Å². The number of sulfonamides is 1. The summed E-state index contributed by atoms with van der Waals surface area (Å²) in [5.74, 6) is -3.27. The first-order valence-electron chi connectivity index (χ1n) is 15.2. The molecule has 5 aromatic rings. The molecule has 0 bridgehead atoms.